The molecule has 1 aliphatic carbocycles. The van der Waals surface area contributed by atoms with Gasteiger partial charge >= 0.3 is 0 Å². The first-order chi connectivity index (χ1) is 11.8. The van der Waals surface area contributed by atoms with E-state index in [1.165, 1.54) is 89.4 Å². The summed E-state index contributed by atoms with van der Waals surface area (Å²) in [7, 11) is 0. The molecule has 1 N–H and O–H groups in total. The number of rotatable bonds is 5. The van der Waals surface area contributed by atoms with Crippen molar-refractivity contribution < 1.29 is 0 Å². The summed E-state index contributed by atoms with van der Waals surface area (Å²) in [5, 5.41) is 3.61. The molecule has 0 bridgehead atoms. The lowest BCUT2D eigenvalue weighted by Gasteiger charge is -2.33. The van der Waals surface area contributed by atoms with Gasteiger partial charge in [0.25, 0.3) is 0 Å². The summed E-state index contributed by atoms with van der Waals surface area (Å²) in [6.07, 6.45) is 16.2. The highest BCUT2D eigenvalue weighted by Crippen LogP contribution is 2.25. The van der Waals surface area contributed by atoms with E-state index in [0.29, 0.717) is 6.04 Å². The van der Waals surface area contributed by atoms with Crippen LogP contribution < -0.4 is 5.32 Å². The van der Waals surface area contributed by atoms with Crippen LogP contribution in [0.5, 0.6) is 0 Å². The molecule has 0 atom stereocenters. The number of anilines is 1. The molecule has 0 aromatic carbocycles. The zero-order chi connectivity index (χ0) is 16.6. The minimum atomic E-state index is 0.595. The highest BCUT2D eigenvalue weighted by Gasteiger charge is 2.20. The third-order valence-corrected chi connectivity index (χ3v) is 5.93. The summed E-state index contributed by atoms with van der Waals surface area (Å²) in [4.78, 5) is 7.17. The summed E-state index contributed by atoms with van der Waals surface area (Å²) in [6, 6.07) is 4.84. The van der Waals surface area contributed by atoms with Crippen molar-refractivity contribution in [3.63, 3.8) is 0 Å². The van der Waals surface area contributed by atoms with E-state index in [2.05, 4.69) is 34.3 Å². The van der Waals surface area contributed by atoms with Gasteiger partial charge in [0.05, 0.1) is 0 Å². The molecular formula is C21H35N3. The normalized spacial score (nSPS) is 22.0. The molecule has 2 heterocycles. The van der Waals surface area contributed by atoms with Crippen LogP contribution >= 0.6 is 0 Å². The van der Waals surface area contributed by atoms with Crippen molar-refractivity contribution in [3.8, 4) is 0 Å². The molecule has 24 heavy (non-hydrogen) atoms. The Balaban J connectivity index is 1.35. The van der Waals surface area contributed by atoms with E-state index in [0.717, 1.165) is 11.7 Å². The predicted octanol–water partition coefficient (Wildman–Crippen LogP) is 5.02. The maximum atomic E-state index is 4.48. The molecule has 2 fully saturated rings. The van der Waals surface area contributed by atoms with Gasteiger partial charge in [-0.05, 0) is 50.3 Å². The summed E-state index contributed by atoms with van der Waals surface area (Å²) in [6.45, 7) is 5.90. The minimum Gasteiger partial charge on any atom is -0.367 e. The van der Waals surface area contributed by atoms with Gasteiger partial charge in [-0.15, -0.1) is 0 Å². The van der Waals surface area contributed by atoms with Gasteiger partial charge in [-0.1, -0.05) is 51.0 Å². The van der Waals surface area contributed by atoms with Crippen LogP contribution in [0.25, 0.3) is 0 Å². The molecule has 1 aromatic heterocycles. The number of aromatic nitrogens is 1. The maximum Gasteiger partial charge on any atom is 0.126 e. The fourth-order valence-corrected chi connectivity index (χ4v) is 4.26. The van der Waals surface area contributed by atoms with Gasteiger partial charge in [-0.3, -0.25) is 0 Å². The van der Waals surface area contributed by atoms with E-state index in [1.807, 2.05) is 6.20 Å². The standard InChI is InChI=1S/C21H35N3/c1-18-9-10-21(22-17-18)23-20-12-15-24(16-13-20)14-11-19-7-5-3-2-4-6-8-19/h9-10,17,19-20H,2-8,11-16H2,1H3,(H,22,23). The summed E-state index contributed by atoms with van der Waals surface area (Å²) >= 11 is 0. The summed E-state index contributed by atoms with van der Waals surface area (Å²) < 4.78 is 0. The van der Waals surface area contributed by atoms with Crippen LogP contribution in [0.3, 0.4) is 0 Å². The number of pyridine rings is 1. The third kappa shape index (κ3) is 5.77. The van der Waals surface area contributed by atoms with Gasteiger partial charge in [0.1, 0.15) is 5.82 Å². The summed E-state index contributed by atoms with van der Waals surface area (Å²) in [5.74, 6) is 2.03. The Labute approximate surface area is 148 Å². The van der Waals surface area contributed by atoms with Crippen LogP contribution in [0, 0.1) is 12.8 Å². The smallest absolute Gasteiger partial charge is 0.126 e. The largest absolute Gasteiger partial charge is 0.367 e. The second kappa shape index (κ2) is 9.41. The predicted molar refractivity (Wildman–Crippen MR) is 102 cm³/mol. The van der Waals surface area contributed by atoms with Crippen molar-refractivity contribution in [2.75, 3.05) is 25.0 Å². The van der Waals surface area contributed by atoms with Crippen molar-refractivity contribution in [1.82, 2.24) is 9.88 Å². The van der Waals surface area contributed by atoms with E-state index < -0.39 is 0 Å². The fraction of sp³-hybridized carbons (Fsp3) is 0.762. The van der Waals surface area contributed by atoms with Crippen molar-refractivity contribution in [3.05, 3.63) is 23.9 Å². The Morgan fingerprint density at radius 1 is 1.00 bits per heavy atom. The van der Waals surface area contributed by atoms with Crippen LogP contribution in [0.15, 0.2) is 18.3 Å². The number of likely N-dealkylation sites (tertiary alicyclic amines) is 1. The molecule has 3 nitrogen and oxygen atoms in total. The van der Waals surface area contributed by atoms with Gasteiger partial charge in [0, 0.05) is 25.3 Å². The quantitative estimate of drug-likeness (QED) is 0.822. The molecular weight excluding hydrogens is 294 g/mol. The Kier molecular flexibility index (Phi) is 6.95. The molecule has 0 spiro atoms. The molecule has 1 saturated carbocycles. The second-order valence-corrected chi connectivity index (χ2v) is 7.98. The monoisotopic (exact) mass is 329 g/mol. The van der Waals surface area contributed by atoms with Gasteiger partial charge < -0.3 is 10.2 Å². The van der Waals surface area contributed by atoms with Gasteiger partial charge in [-0.2, -0.15) is 0 Å². The molecule has 1 saturated heterocycles. The molecule has 0 radical (unpaired) electrons. The zero-order valence-corrected chi connectivity index (χ0v) is 15.5. The Bertz CT molecular complexity index is 454. The van der Waals surface area contributed by atoms with Crippen molar-refractivity contribution in [2.24, 2.45) is 5.92 Å². The zero-order valence-electron chi connectivity index (χ0n) is 15.5. The van der Waals surface area contributed by atoms with Crippen LogP contribution in [0.4, 0.5) is 5.82 Å². The van der Waals surface area contributed by atoms with Gasteiger partial charge in [0.2, 0.25) is 0 Å². The molecule has 0 unspecified atom stereocenters. The van der Waals surface area contributed by atoms with Crippen molar-refractivity contribution >= 4 is 5.82 Å². The average molecular weight is 330 g/mol. The lowest BCUT2D eigenvalue weighted by atomic mass is 9.88. The van der Waals surface area contributed by atoms with E-state index in [9.17, 15) is 0 Å². The highest BCUT2D eigenvalue weighted by molar-refractivity contribution is 5.36. The number of nitrogens with one attached hydrogen (secondary N) is 1. The number of nitrogens with zero attached hydrogens (tertiary/aromatic N) is 2. The highest BCUT2D eigenvalue weighted by atomic mass is 15.1. The molecule has 3 heteroatoms. The number of hydrogen-bond donors (Lipinski definition) is 1. The molecule has 1 aromatic rings. The Morgan fingerprint density at radius 2 is 1.71 bits per heavy atom. The van der Waals surface area contributed by atoms with Gasteiger partial charge in [-0.25, -0.2) is 4.98 Å². The molecule has 3 rings (SSSR count). The van der Waals surface area contributed by atoms with Crippen molar-refractivity contribution in [1.29, 1.82) is 0 Å². The molecule has 2 aliphatic rings. The number of piperidine rings is 1. The van der Waals surface area contributed by atoms with Crippen molar-refractivity contribution in [2.45, 2.75) is 77.2 Å². The SMILES string of the molecule is Cc1ccc(NC2CCN(CCC3CCCCCCC3)CC2)nc1. The molecule has 0 amide bonds. The minimum absolute atomic E-state index is 0.595. The van der Waals surface area contributed by atoms with Crippen LogP contribution in [0.1, 0.15) is 69.8 Å². The van der Waals surface area contributed by atoms with E-state index in [-0.39, 0.29) is 0 Å². The van der Waals surface area contributed by atoms with Crippen LogP contribution in [0.2, 0.25) is 0 Å². The topological polar surface area (TPSA) is 28.2 Å². The number of aryl methyl sites for hydroxylation is 1. The Morgan fingerprint density at radius 3 is 2.38 bits per heavy atom. The lowest BCUT2D eigenvalue weighted by Crippen LogP contribution is -2.40. The Hall–Kier alpha value is -1.09. The van der Waals surface area contributed by atoms with Gasteiger partial charge in [0.15, 0.2) is 0 Å². The third-order valence-electron chi connectivity index (χ3n) is 5.93. The first kappa shape index (κ1) is 17.7. The van der Waals surface area contributed by atoms with Crippen LogP contribution in [-0.4, -0.2) is 35.6 Å². The second-order valence-electron chi connectivity index (χ2n) is 7.98. The lowest BCUT2D eigenvalue weighted by molar-refractivity contribution is 0.197. The van der Waals surface area contributed by atoms with E-state index in [4.69, 9.17) is 0 Å². The molecule has 1 aliphatic heterocycles. The molecule has 134 valence electrons. The average Bonchev–Trinajstić information content (AvgIpc) is 2.57. The van der Waals surface area contributed by atoms with E-state index in [1.54, 1.807) is 0 Å². The fourth-order valence-electron chi connectivity index (χ4n) is 4.26. The maximum absolute atomic E-state index is 4.48. The van der Waals surface area contributed by atoms with E-state index >= 15 is 0 Å². The summed E-state index contributed by atoms with van der Waals surface area (Å²) in [5.41, 5.74) is 1.23. The number of hydrogen-bond acceptors (Lipinski definition) is 3. The first-order valence-electron chi connectivity index (χ1n) is 10.2. The first-order valence-corrected chi connectivity index (χ1v) is 10.2. The van der Waals surface area contributed by atoms with Crippen LogP contribution in [-0.2, 0) is 0 Å².